The molecule has 0 bridgehead atoms. The number of amides is 1. The predicted octanol–water partition coefficient (Wildman–Crippen LogP) is 3.12. The van der Waals surface area contributed by atoms with Gasteiger partial charge in [0.25, 0.3) is 5.56 Å². The molecule has 0 aromatic carbocycles. The van der Waals surface area contributed by atoms with Gasteiger partial charge in [0.05, 0.1) is 11.3 Å². The highest BCUT2D eigenvalue weighted by Gasteiger charge is 2.15. The average molecular weight is 354 g/mol. The maximum absolute atomic E-state index is 12.6. The van der Waals surface area contributed by atoms with Crippen molar-refractivity contribution >= 4 is 39.2 Å². The van der Waals surface area contributed by atoms with Gasteiger partial charge in [0.15, 0.2) is 5.16 Å². The van der Waals surface area contributed by atoms with Crippen LogP contribution in [0, 0.1) is 5.92 Å². The Bertz CT molecular complexity index is 736. The second kappa shape index (κ2) is 7.97. The molecule has 2 aromatic heterocycles. The number of nitrogens with one attached hydrogen (secondary N) is 1. The monoisotopic (exact) mass is 353 g/mol. The van der Waals surface area contributed by atoms with Crippen molar-refractivity contribution in [3.8, 4) is 0 Å². The minimum atomic E-state index is -0.0277. The molecule has 1 amide bonds. The number of carbonyl (C=O) groups excluding carboxylic acids is 1. The number of carbonyl (C=O) groups is 1. The van der Waals surface area contributed by atoms with E-state index in [9.17, 15) is 9.59 Å². The number of hydrogen-bond donors (Lipinski definition) is 1. The van der Waals surface area contributed by atoms with Gasteiger partial charge in [-0.3, -0.25) is 14.2 Å². The molecule has 1 unspecified atom stereocenters. The summed E-state index contributed by atoms with van der Waals surface area (Å²) in [5, 5.41) is 5.43. The fourth-order valence-corrected chi connectivity index (χ4v) is 3.71. The Morgan fingerprint density at radius 2 is 2.17 bits per heavy atom. The fourth-order valence-electron chi connectivity index (χ4n) is 2.11. The Hall–Kier alpha value is -1.34. The quantitative estimate of drug-likeness (QED) is 0.613. The molecule has 2 rings (SSSR count). The van der Waals surface area contributed by atoms with Crippen LogP contribution in [0.4, 0.5) is 0 Å². The molecule has 126 valence electrons. The summed E-state index contributed by atoms with van der Waals surface area (Å²) in [6.45, 7) is 8.75. The molecule has 0 fully saturated rings. The van der Waals surface area contributed by atoms with Crippen molar-refractivity contribution < 1.29 is 4.79 Å². The zero-order valence-corrected chi connectivity index (χ0v) is 15.6. The standard InChI is InChI=1S/C16H23N3O2S2/c1-5-11(4)17-13(20)9-23-16-18-12-6-7-22-14(12)15(21)19(16)8-10(2)3/h6-7,10-11H,5,8-9H2,1-4H3,(H,17,20). The molecule has 23 heavy (non-hydrogen) atoms. The summed E-state index contributed by atoms with van der Waals surface area (Å²) in [6.07, 6.45) is 0.896. The molecule has 0 aliphatic rings. The number of rotatable bonds is 7. The van der Waals surface area contributed by atoms with Crippen molar-refractivity contribution in [1.82, 2.24) is 14.9 Å². The topological polar surface area (TPSA) is 64.0 Å². The van der Waals surface area contributed by atoms with E-state index in [1.54, 1.807) is 4.57 Å². The smallest absolute Gasteiger partial charge is 0.272 e. The first-order chi connectivity index (χ1) is 10.9. The molecular formula is C16H23N3O2S2. The first-order valence-corrected chi connectivity index (χ1v) is 9.69. The third kappa shape index (κ3) is 4.57. The molecule has 0 saturated heterocycles. The van der Waals surface area contributed by atoms with Crippen LogP contribution in [-0.4, -0.2) is 27.3 Å². The van der Waals surface area contributed by atoms with Gasteiger partial charge in [-0.25, -0.2) is 4.98 Å². The lowest BCUT2D eigenvalue weighted by molar-refractivity contribution is -0.119. The van der Waals surface area contributed by atoms with Gasteiger partial charge in [0, 0.05) is 12.6 Å². The summed E-state index contributed by atoms with van der Waals surface area (Å²) >= 11 is 2.74. The second-order valence-corrected chi connectivity index (χ2v) is 7.86. The summed E-state index contributed by atoms with van der Waals surface area (Å²) in [5.74, 6) is 0.574. The van der Waals surface area contributed by atoms with Crippen molar-refractivity contribution in [2.24, 2.45) is 5.92 Å². The molecule has 7 heteroatoms. The molecule has 0 aliphatic carbocycles. The van der Waals surface area contributed by atoms with Crippen LogP contribution < -0.4 is 10.9 Å². The highest BCUT2D eigenvalue weighted by Crippen LogP contribution is 2.21. The highest BCUT2D eigenvalue weighted by molar-refractivity contribution is 7.99. The molecule has 1 N–H and O–H groups in total. The van der Waals surface area contributed by atoms with E-state index < -0.39 is 0 Å². The van der Waals surface area contributed by atoms with E-state index in [1.165, 1.54) is 23.1 Å². The molecule has 0 radical (unpaired) electrons. The summed E-state index contributed by atoms with van der Waals surface area (Å²) in [5.41, 5.74) is 0.702. The van der Waals surface area contributed by atoms with Crippen molar-refractivity contribution in [3.63, 3.8) is 0 Å². The first kappa shape index (κ1) is 18.0. The summed E-state index contributed by atoms with van der Waals surface area (Å²) in [6, 6.07) is 2.01. The van der Waals surface area contributed by atoms with Crippen molar-refractivity contribution in [2.45, 2.75) is 51.9 Å². The van der Waals surface area contributed by atoms with E-state index in [4.69, 9.17) is 0 Å². The van der Waals surface area contributed by atoms with Gasteiger partial charge in [-0.05, 0) is 30.7 Å². The Balaban J connectivity index is 2.24. The van der Waals surface area contributed by atoms with Crippen LogP contribution in [0.3, 0.4) is 0 Å². The molecule has 5 nitrogen and oxygen atoms in total. The maximum atomic E-state index is 12.6. The Morgan fingerprint density at radius 3 is 2.83 bits per heavy atom. The lowest BCUT2D eigenvalue weighted by atomic mass is 10.2. The molecule has 0 aliphatic heterocycles. The van der Waals surface area contributed by atoms with E-state index in [-0.39, 0.29) is 23.3 Å². The van der Waals surface area contributed by atoms with Crippen molar-refractivity contribution in [3.05, 3.63) is 21.8 Å². The van der Waals surface area contributed by atoms with Crippen LogP contribution in [0.15, 0.2) is 21.4 Å². The van der Waals surface area contributed by atoms with Gasteiger partial charge < -0.3 is 5.32 Å². The third-order valence-electron chi connectivity index (χ3n) is 3.43. The number of nitrogens with zero attached hydrogens (tertiary/aromatic N) is 2. The molecule has 2 aromatic rings. The predicted molar refractivity (Wildman–Crippen MR) is 97.3 cm³/mol. The first-order valence-electron chi connectivity index (χ1n) is 7.82. The second-order valence-electron chi connectivity index (χ2n) is 6.00. The van der Waals surface area contributed by atoms with E-state index in [0.29, 0.717) is 27.8 Å². The van der Waals surface area contributed by atoms with Gasteiger partial charge in [-0.1, -0.05) is 32.5 Å². The Labute approximate surface area is 144 Å². The zero-order valence-electron chi connectivity index (χ0n) is 14.0. The third-order valence-corrected chi connectivity index (χ3v) is 5.30. The van der Waals surface area contributed by atoms with E-state index in [2.05, 4.69) is 24.1 Å². The van der Waals surface area contributed by atoms with E-state index in [1.807, 2.05) is 25.3 Å². The summed E-state index contributed by atoms with van der Waals surface area (Å²) < 4.78 is 2.38. The molecule has 0 spiro atoms. The van der Waals surface area contributed by atoms with Crippen LogP contribution in [0.1, 0.15) is 34.1 Å². The number of thiophene rings is 1. The normalized spacial score (nSPS) is 12.7. The maximum Gasteiger partial charge on any atom is 0.272 e. The van der Waals surface area contributed by atoms with Crippen molar-refractivity contribution in [2.75, 3.05) is 5.75 Å². The van der Waals surface area contributed by atoms with Crippen LogP contribution >= 0.6 is 23.1 Å². The van der Waals surface area contributed by atoms with Gasteiger partial charge >= 0.3 is 0 Å². The van der Waals surface area contributed by atoms with Crippen LogP contribution in [0.2, 0.25) is 0 Å². The molecular weight excluding hydrogens is 330 g/mol. The molecule has 1 atom stereocenters. The van der Waals surface area contributed by atoms with Gasteiger partial charge in [0.1, 0.15) is 4.70 Å². The fraction of sp³-hybridized carbons (Fsp3) is 0.562. The minimum absolute atomic E-state index is 0.0106. The average Bonchev–Trinajstić information content (AvgIpc) is 2.96. The number of fused-ring (bicyclic) bond motifs is 1. The summed E-state index contributed by atoms with van der Waals surface area (Å²) in [4.78, 5) is 29.2. The summed E-state index contributed by atoms with van der Waals surface area (Å²) in [7, 11) is 0. The number of aromatic nitrogens is 2. The van der Waals surface area contributed by atoms with Gasteiger partial charge in [-0.15, -0.1) is 11.3 Å². The highest BCUT2D eigenvalue weighted by atomic mass is 32.2. The van der Waals surface area contributed by atoms with E-state index >= 15 is 0 Å². The van der Waals surface area contributed by atoms with Crippen molar-refractivity contribution in [1.29, 1.82) is 0 Å². The number of hydrogen-bond acceptors (Lipinski definition) is 5. The minimum Gasteiger partial charge on any atom is -0.353 e. The SMILES string of the molecule is CCC(C)NC(=O)CSc1nc2ccsc2c(=O)n1CC(C)C. The van der Waals surface area contributed by atoms with E-state index in [0.717, 1.165) is 6.42 Å². The van der Waals surface area contributed by atoms with Gasteiger partial charge in [-0.2, -0.15) is 0 Å². The van der Waals surface area contributed by atoms with Crippen LogP contribution in [0.25, 0.3) is 10.2 Å². The lowest BCUT2D eigenvalue weighted by Crippen LogP contribution is -2.33. The molecule has 2 heterocycles. The van der Waals surface area contributed by atoms with Gasteiger partial charge in [0.2, 0.25) is 5.91 Å². The Morgan fingerprint density at radius 1 is 1.43 bits per heavy atom. The Kier molecular flexibility index (Phi) is 6.24. The lowest BCUT2D eigenvalue weighted by Gasteiger charge is -2.14. The largest absolute Gasteiger partial charge is 0.353 e. The van der Waals surface area contributed by atoms with Crippen LogP contribution in [-0.2, 0) is 11.3 Å². The molecule has 0 saturated carbocycles. The zero-order chi connectivity index (χ0) is 17.0. The number of thioether (sulfide) groups is 1. The van der Waals surface area contributed by atoms with Crippen LogP contribution in [0.5, 0.6) is 0 Å².